The Morgan fingerprint density at radius 3 is 2.43 bits per heavy atom. The molecule has 0 saturated carbocycles. The number of halogens is 2. The molecule has 1 unspecified atom stereocenters. The van der Waals surface area contributed by atoms with Gasteiger partial charge in [0.1, 0.15) is 0 Å². The first-order valence-electron chi connectivity index (χ1n) is 7.28. The Morgan fingerprint density at radius 2 is 1.81 bits per heavy atom. The summed E-state index contributed by atoms with van der Waals surface area (Å²) < 4.78 is 0.940. The third-order valence-electron chi connectivity index (χ3n) is 3.45. The smallest absolute Gasteiger partial charge is 0.0551 e. The van der Waals surface area contributed by atoms with Crippen LogP contribution >= 0.6 is 27.5 Å². The maximum absolute atomic E-state index is 6.16. The Labute approximate surface area is 140 Å². The number of hydrogen-bond acceptors (Lipinski definition) is 1. The molecule has 21 heavy (non-hydrogen) atoms. The van der Waals surface area contributed by atoms with Crippen molar-refractivity contribution in [1.82, 2.24) is 5.32 Å². The molecular weight excluding hydrogens is 346 g/mol. The highest BCUT2D eigenvalue weighted by Crippen LogP contribution is 2.25. The summed E-state index contributed by atoms with van der Waals surface area (Å²) in [7, 11) is 0. The van der Waals surface area contributed by atoms with Gasteiger partial charge in [0.25, 0.3) is 0 Å². The predicted molar refractivity (Wildman–Crippen MR) is 94.6 cm³/mol. The van der Waals surface area contributed by atoms with E-state index >= 15 is 0 Å². The second-order valence-electron chi connectivity index (χ2n) is 5.72. The predicted octanol–water partition coefficient (Wildman–Crippen LogP) is 5.98. The molecule has 0 aliphatic carbocycles. The third-order valence-corrected chi connectivity index (χ3v) is 4.68. The van der Waals surface area contributed by atoms with Gasteiger partial charge >= 0.3 is 0 Å². The summed E-state index contributed by atoms with van der Waals surface area (Å²) in [6.07, 6.45) is 1.12. The molecule has 0 aliphatic heterocycles. The Bertz CT molecular complexity index is 569. The molecule has 0 aromatic heterocycles. The van der Waals surface area contributed by atoms with Crippen LogP contribution in [-0.4, -0.2) is 0 Å². The van der Waals surface area contributed by atoms with Crippen molar-refractivity contribution >= 4 is 27.5 Å². The normalized spacial score (nSPS) is 12.6. The molecule has 2 aromatic rings. The van der Waals surface area contributed by atoms with E-state index in [9.17, 15) is 0 Å². The first-order chi connectivity index (χ1) is 10.1. The van der Waals surface area contributed by atoms with Gasteiger partial charge in [-0.3, -0.25) is 0 Å². The third kappa shape index (κ3) is 5.14. The quantitative estimate of drug-likeness (QED) is 0.663. The fourth-order valence-electron chi connectivity index (χ4n) is 2.38. The summed E-state index contributed by atoms with van der Waals surface area (Å²) in [5, 5.41) is 4.42. The molecule has 0 heterocycles. The van der Waals surface area contributed by atoms with Crippen LogP contribution in [0.15, 0.2) is 53.0 Å². The first kappa shape index (κ1) is 16.5. The summed E-state index contributed by atoms with van der Waals surface area (Å²) in [6.45, 7) is 5.33. The van der Waals surface area contributed by atoms with Gasteiger partial charge in [-0.2, -0.15) is 0 Å². The SMILES string of the molecule is CC(C)CC(NCc1ccc(Br)c(Cl)c1)c1ccccc1. The van der Waals surface area contributed by atoms with Crippen LogP contribution in [0, 0.1) is 5.92 Å². The van der Waals surface area contributed by atoms with Crippen molar-refractivity contribution in [2.75, 3.05) is 0 Å². The van der Waals surface area contributed by atoms with Crippen molar-refractivity contribution in [1.29, 1.82) is 0 Å². The van der Waals surface area contributed by atoms with Gasteiger partial charge in [-0.1, -0.05) is 61.8 Å². The van der Waals surface area contributed by atoms with Crippen molar-refractivity contribution in [3.8, 4) is 0 Å². The molecule has 0 bridgehead atoms. The molecule has 0 aliphatic rings. The fourth-order valence-corrected chi connectivity index (χ4v) is 2.83. The van der Waals surface area contributed by atoms with Crippen molar-refractivity contribution < 1.29 is 0 Å². The molecule has 1 N–H and O–H groups in total. The molecule has 112 valence electrons. The molecule has 0 saturated heterocycles. The zero-order valence-electron chi connectivity index (χ0n) is 12.4. The number of hydrogen-bond donors (Lipinski definition) is 1. The van der Waals surface area contributed by atoms with Crippen LogP contribution < -0.4 is 5.32 Å². The van der Waals surface area contributed by atoms with Crippen LogP contribution in [0.25, 0.3) is 0 Å². The number of rotatable bonds is 6. The van der Waals surface area contributed by atoms with Crippen LogP contribution in [0.3, 0.4) is 0 Å². The van der Waals surface area contributed by atoms with E-state index in [-0.39, 0.29) is 0 Å². The van der Waals surface area contributed by atoms with E-state index in [0.717, 1.165) is 22.5 Å². The number of nitrogens with one attached hydrogen (secondary N) is 1. The lowest BCUT2D eigenvalue weighted by Gasteiger charge is -2.21. The van der Waals surface area contributed by atoms with Crippen molar-refractivity contribution in [2.45, 2.75) is 32.9 Å². The monoisotopic (exact) mass is 365 g/mol. The van der Waals surface area contributed by atoms with Crippen LogP contribution in [0.5, 0.6) is 0 Å². The van der Waals surface area contributed by atoms with E-state index in [2.05, 4.69) is 71.5 Å². The highest BCUT2D eigenvalue weighted by molar-refractivity contribution is 9.10. The summed E-state index contributed by atoms with van der Waals surface area (Å²) in [4.78, 5) is 0. The number of benzene rings is 2. The summed E-state index contributed by atoms with van der Waals surface area (Å²) in [6, 6.07) is 17.1. The van der Waals surface area contributed by atoms with Gasteiger partial charge in [-0.05, 0) is 51.5 Å². The molecule has 3 heteroatoms. The maximum atomic E-state index is 6.16. The summed E-state index contributed by atoms with van der Waals surface area (Å²) in [5.41, 5.74) is 2.54. The second kappa shape index (κ2) is 7.98. The van der Waals surface area contributed by atoms with Crippen LogP contribution in [0.4, 0.5) is 0 Å². The zero-order valence-corrected chi connectivity index (χ0v) is 14.8. The molecular formula is C18H21BrClN. The van der Waals surface area contributed by atoms with E-state index in [1.807, 2.05) is 12.1 Å². The second-order valence-corrected chi connectivity index (χ2v) is 6.98. The molecule has 1 nitrogen and oxygen atoms in total. The van der Waals surface area contributed by atoms with Crippen molar-refractivity contribution in [3.63, 3.8) is 0 Å². The molecule has 2 aromatic carbocycles. The lowest BCUT2D eigenvalue weighted by atomic mass is 9.97. The van der Waals surface area contributed by atoms with Crippen LogP contribution in [-0.2, 0) is 6.54 Å². The summed E-state index contributed by atoms with van der Waals surface area (Å²) >= 11 is 9.58. The zero-order chi connectivity index (χ0) is 15.2. The minimum Gasteiger partial charge on any atom is -0.306 e. The largest absolute Gasteiger partial charge is 0.306 e. The van der Waals surface area contributed by atoms with E-state index in [4.69, 9.17) is 11.6 Å². The van der Waals surface area contributed by atoms with Crippen LogP contribution in [0.2, 0.25) is 5.02 Å². The molecule has 2 rings (SSSR count). The Morgan fingerprint density at radius 1 is 1.10 bits per heavy atom. The molecule has 0 fully saturated rings. The summed E-state index contributed by atoms with van der Waals surface area (Å²) in [5.74, 6) is 0.649. The highest BCUT2D eigenvalue weighted by atomic mass is 79.9. The minimum absolute atomic E-state index is 0.369. The van der Waals surface area contributed by atoms with Crippen LogP contribution in [0.1, 0.15) is 37.4 Å². The van der Waals surface area contributed by atoms with Crippen molar-refractivity contribution in [3.05, 3.63) is 69.2 Å². The van der Waals surface area contributed by atoms with Gasteiger partial charge < -0.3 is 5.32 Å². The average molecular weight is 367 g/mol. The lowest BCUT2D eigenvalue weighted by Crippen LogP contribution is -2.22. The molecule has 0 spiro atoms. The molecule has 0 radical (unpaired) electrons. The van der Waals surface area contributed by atoms with Crippen molar-refractivity contribution in [2.24, 2.45) is 5.92 Å². The maximum Gasteiger partial charge on any atom is 0.0551 e. The van der Waals surface area contributed by atoms with Gasteiger partial charge in [-0.15, -0.1) is 0 Å². The van der Waals surface area contributed by atoms with Gasteiger partial charge in [0.2, 0.25) is 0 Å². The standard InChI is InChI=1S/C18H21BrClN/c1-13(2)10-18(15-6-4-3-5-7-15)21-12-14-8-9-16(19)17(20)11-14/h3-9,11,13,18,21H,10,12H2,1-2H3. The molecule has 1 atom stereocenters. The van der Waals surface area contributed by atoms with E-state index < -0.39 is 0 Å². The van der Waals surface area contributed by atoms with Gasteiger partial charge in [0, 0.05) is 17.1 Å². The Kier molecular flexibility index (Phi) is 6.28. The minimum atomic E-state index is 0.369. The van der Waals surface area contributed by atoms with E-state index in [1.165, 1.54) is 11.1 Å². The van der Waals surface area contributed by atoms with Gasteiger partial charge in [-0.25, -0.2) is 0 Å². The van der Waals surface area contributed by atoms with E-state index in [0.29, 0.717) is 12.0 Å². The first-order valence-corrected chi connectivity index (χ1v) is 8.45. The fraction of sp³-hybridized carbons (Fsp3) is 0.333. The van der Waals surface area contributed by atoms with Gasteiger partial charge in [0.05, 0.1) is 5.02 Å². The Hall–Kier alpha value is -0.830. The topological polar surface area (TPSA) is 12.0 Å². The van der Waals surface area contributed by atoms with E-state index in [1.54, 1.807) is 0 Å². The molecule has 0 amide bonds. The van der Waals surface area contributed by atoms with Gasteiger partial charge in [0.15, 0.2) is 0 Å². The highest BCUT2D eigenvalue weighted by Gasteiger charge is 2.12. The lowest BCUT2D eigenvalue weighted by molar-refractivity contribution is 0.428. The Balaban J connectivity index is 2.07. The average Bonchev–Trinajstić information content (AvgIpc) is 2.47.